The van der Waals surface area contributed by atoms with Gasteiger partial charge >= 0.3 is 4.87 Å². The van der Waals surface area contributed by atoms with E-state index in [1.54, 1.807) is 12.3 Å². The van der Waals surface area contributed by atoms with Crippen LogP contribution in [0.3, 0.4) is 0 Å². The number of hydrogen-bond acceptors (Lipinski definition) is 5. The predicted molar refractivity (Wildman–Crippen MR) is 68.8 cm³/mol. The number of nitrogens with one attached hydrogen (secondary N) is 1. The van der Waals surface area contributed by atoms with Crippen LogP contribution in [-0.2, 0) is 11.3 Å². The second kappa shape index (κ2) is 4.80. The van der Waals surface area contributed by atoms with Crippen molar-refractivity contribution < 1.29 is 4.79 Å². The molecule has 5 nitrogen and oxygen atoms in total. The molecule has 0 saturated heterocycles. The van der Waals surface area contributed by atoms with Crippen LogP contribution >= 0.6 is 22.7 Å². The number of aromatic nitrogens is 2. The van der Waals surface area contributed by atoms with Crippen molar-refractivity contribution in [3.8, 4) is 0 Å². The first kappa shape index (κ1) is 12.0. The third-order valence-electron chi connectivity index (χ3n) is 2.14. The van der Waals surface area contributed by atoms with Crippen molar-refractivity contribution in [2.45, 2.75) is 20.4 Å². The van der Waals surface area contributed by atoms with E-state index in [0.717, 1.165) is 22.7 Å². The number of thiazole rings is 2. The van der Waals surface area contributed by atoms with Crippen LogP contribution in [0.2, 0.25) is 0 Å². The Balaban J connectivity index is 2.05. The Labute approximate surface area is 106 Å². The zero-order valence-corrected chi connectivity index (χ0v) is 11.0. The monoisotopic (exact) mass is 269 g/mol. The van der Waals surface area contributed by atoms with E-state index in [0.29, 0.717) is 5.13 Å². The fourth-order valence-electron chi connectivity index (χ4n) is 1.31. The van der Waals surface area contributed by atoms with Gasteiger partial charge in [0.05, 0.1) is 5.69 Å². The lowest BCUT2D eigenvalue weighted by atomic mass is 10.5. The second-order valence-corrected chi connectivity index (χ2v) is 5.25. The zero-order valence-electron chi connectivity index (χ0n) is 9.39. The largest absolute Gasteiger partial charge is 0.307 e. The van der Waals surface area contributed by atoms with E-state index < -0.39 is 0 Å². The van der Waals surface area contributed by atoms with Gasteiger partial charge in [-0.25, -0.2) is 4.98 Å². The third kappa shape index (κ3) is 2.80. The van der Waals surface area contributed by atoms with Gasteiger partial charge in [0.1, 0.15) is 6.54 Å². The van der Waals surface area contributed by atoms with E-state index in [4.69, 9.17) is 0 Å². The summed E-state index contributed by atoms with van der Waals surface area (Å²) in [5.41, 5.74) is 1.67. The van der Waals surface area contributed by atoms with Gasteiger partial charge in [0.25, 0.3) is 0 Å². The maximum Gasteiger partial charge on any atom is 0.307 e. The second-order valence-electron chi connectivity index (χ2n) is 3.57. The number of carbonyl (C=O) groups excluding carboxylic acids is 1. The fourth-order valence-corrected chi connectivity index (χ4v) is 2.75. The molecule has 0 fully saturated rings. The summed E-state index contributed by atoms with van der Waals surface area (Å²) in [6.45, 7) is 3.70. The van der Waals surface area contributed by atoms with Crippen LogP contribution in [0.25, 0.3) is 0 Å². The van der Waals surface area contributed by atoms with Crippen LogP contribution in [0, 0.1) is 13.8 Å². The lowest BCUT2D eigenvalue weighted by Gasteiger charge is -2.03. The molecule has 0 aliphatic heterocycles. The molecule has 0 bridgehead atoms. The normalized spacial score (nSPS) is 10.5. The van der Waals surface area contributed by atoms with Gasteiger partial charge in [0.2, 0.25) is 5.91 Å². The first-order valence-corrected chi connectivity index (χ1v) is 6.69. The molecule has 2 aromatic heterocycles. The molecule has 17 heavy (non-hydrogen) atoms. The molecule has 0 unspecified atom stereocenters. The highest BCUT2D eigenvalue weighted by Crippen LogP contribution is 2.14. The van der Waals surface area contributed by atoms with Crippen molar-refractivity contribution in [3.63, 3.8) is 0 Å². The van der Waals surface area contributed by atoms with Crippen molar-refractivity contribution in [1.29, 1.82) is 0 Å². The van der Waals surface area contributed by atoms with E-state index in [-0.39, 0.29) is 17.3 Å². The summed E-state index contributed by atoms with van der Waals surface area (Å²) in [7, 11) is 0. The van der Waals surface area contributed by atoms with Crippen LogP contribution in [0.15, 0.2) is 15.6 Å². The van der Waals surface area contributed by atoms with Gasteiger partial charge in [-0.15, -0.1) is 11.3 Å². The summed E-state index contributed by atoms with van der Waals surface area (Å²) in [4.78, 5) is 27.1. The van der Waals surface area contributed by atoms with Gasteiger partial charge < -0.3 is 5.32 Å². The highest BCUT2D eigenvalue weighted by Gasteiger charge is 2.09. The smallest absolute Gasteiger partial charge is 0.300 e. The van der Waals surface area contributed by atoms with E-state index >= 15 is 0 Å². The molecule has 2 rings (SSSR count). The Bertz CT molecular complexity index is 597. The average Bonchev–Trinajstić information content (AvgIpc) is 2.79. The number of hydrogen-bond donors (Lipinski definition) is 1. The summed E-state index contributed by atoms with van der Waals surface area (Å²) in [6, 6.07) is 0. The average molecular weight is 269 g/mol. The van der Waals surface area contributed by atoms with Gasteiger partial charge in [-0.3, -0.25) is 14.2 Å². The van der Waals surface area contributed by atoms with Gasteiger partial charge in [-0.2, -0.15) is 0 Å². The zero-order chi connectivity index (χ0) is 12.4. The van der Waals surface area contributed by atoms with E-state index in [1.165, 1.54) is 15.9 Å². The SMILES string of the molecule is Cc1csc(NC(=O)Cn2c(C)csc2=O)n1. The minimum Gasteiger partial charge on any atom is -0.300 e. The van der Waals surface area contributed by atoms with Gasteiger partial charge in [0.15, 0.2) is 5.13 Å². The maximum atomic E-state index is 11.7. The van der Waals surface area contributed by atoms with Crippen LogP contribution in [0.5, 0.6) is 0 Å². The topological polar surface area (TPSA) is 64.0 Å². The molecule has 0 spiro atoms. The Morgan fingerprint density at radius 3 is 2.71 bits per heavy atom. The van der Waals surface area contributed by atoms with Crippen LogP contribution in [0.4, 0.5) is 5.13 Å². The molecule has 0 atom stereocenters. The summed E-state index contributed by atoms with van der Waals surface area (Å²) in [5, 5.41) is 6.83. The summed E-state index contributed by atoms with van der Waals surface area (Å²) in [6.07, 6.45) is 0. The Kier molecular flexibility index (Phi) is 3.39. The van der Waals surface area contributed by atoms with E-state index in [1.807, 2.05) is 12.3 Å². The number of anilines is 1. The molecule has 0 aliphatic rings. The Hall–Kier alpha value is -1.47. The van der Waals surface area contributed by atoms with Crippen molar-refractivity contribution in [3.05, 3.63) is 31.8 Å². The number of nitrogens with zero attached hydrogens (tertiary/aromatic N) is 2. The van der Waals surface area contributed by atoms with E-state index in [2.05, 4.69) is 10.3 Å². The molecule has 2 heterocycles. The fraction of sp³-hybridized carbons (Fsp3) is 0.300. The lowest BCUT2D eigenvalue weighted by molar-refractivity contribution is -0.116. The third-order valence-corrected chi connectivity index (χ3v) is 3.90. The number of rotatable bonds is 3. The molecule has 1 N–H and O–H groups in total. The molecule has 0 aliphatic carbocycles. The molecular weight excluding hydrogens is 258 g/mol. The molecular formula is C10H11N3O2S2. The quantitative estimate of drug-likeness (QED) is 0.921. The lowest BCUT2D eigenvalue weighted by Crippen LogP contribution is -2.25. The minimum absolute atomic E-state index is 0.0345. The minimum atomic E-state index is -0.233. The highest BCUT2D eigenvalue weighted by molar-refractivity contribution is 7.13. The Morgan fingerprint density at radius 2 is 2.18 bits per heavy atom. The highest BCUT2D eigenvalue weighted by atomic mass is 32.1. The van der Waals surface area contributed by atoms with Crippen molar-refractivity contribution in [2.75, 3.05) is 5.32 Å². The molecule has 0 saturated carbocycles. The number of carbonyl (C=O) groups is 1. The van der Waals surface area contributed by atoms with Gasteiger partial charge in [0, 0.05) is 16.5 Å². The molecule has 1 amide bonds. The number of amides is 1. The van der Waals surface area contributed by atoms with Gasteiger partial charge in [-0.1, -0.05) is 11.3 Å². The van der Waals surface area contributed by atoms with E-state index in [9.17, 15) is 9.59 Å². The van der Waals surface area contributed by atoms with Crippen LogP contribution in [0.1, 0.15) is 11.4 Å². The molecule has 7 heteroatoms. The summed E-state index contributed by atoms with van der Waals surface area (Å²) >= 11 is 2.47. The molecule has 0 aromatic carbocycles. The summed E-state index contributed by atoms with van der Waals surface area (Å²) < 4.78 is 1.44. The molecule has 0 radical (unpaired) electrons. The Morgan fingerprint density at radius 1 is 1.41 bits per heavy atom. The predicted octanol–water partition coefficient (Wildman–Crippen LogP) is 1.62. The van der Waals surface area contributed by atoms with Crippen molar-refractivity contribution >= 4 is 33.7 Å². The molecule has 90 valence electrons. The first-order valence-electron chi connectivity index (χ1n) is 4.93. The maximum absolute atomic E-state index is 11.7. The standard InChI is InChI=1S/C10H11N3O2S2/c1-6-4-16-9(11-6)12-8(14)3-13-7(2)5-17-10(13)15/h4-5H,3H2,1-2H3,(H,11,12,14). The van der Waals surface area contributed by atoms with Gasteiger partial charge in [-0.05, 0) is 13.8 Å². The molecule has 2 aromatic rings. The van der Waals surface area contributed by atoms with Crippen molar-refractivity contribution in [2.24, 2.45) is 0 Å². The van der Waals surface area contributed by atoms with Crippen LogP contribution < -0.4 is 10.2 Å². The first-order chi connectivity index (χ1) is 8.06. The summed E-state index contributed by atoms with van der Waals surface area (Å²) in [5.74, 6) is -0.233. The van der Waals surface area contributed by atoms with Crippen molar-refractivity contribution in [1.82, 2.24) is 9.55 Å². The van der Waals surface area contributed by atoms with Crippen LogP contribution in [-0.4, -0.2) is 15.5 Å². The number of aryl methyl sites for hydroxylation is 2.